The van der Waals surface area contributed by atoms with Crippen molar-refractivity contribution in [3.8, 4) is 5.82 Å². The van der Waals surface area contributed by atoms with Crippen LogP contribution in [-0.4, -0.2) is 52.5 Å². The SMILES string of the molecule is O=C(NC1CCN(S(=O)(=O)c2ccc(Cl)cc2)CC1)c1cnn(-c2ncc(C(F)(F)F)cc2Cl)c1. The van der Waals surface area contributed by atoms with Gasteiger partial charge in [-0.1, -0.05) is 23.2 Å². The highest BCUT2D eigenvalue weighted by Crippen LogP contribution is 2.32. The van der Waals surface area contributed by atoms with Gasteiger partial charge in [-0.15, -0.1) is 0 Å². The first kappa shape index (κ1) is 25.4. The Morgan fingerprint density at radius 2 is 1.74 bits per heavy atom. The lowest BCUT2D eigenvalue weighted by atomic mass is 10.1. The minimum atomic E-state index is -4.59. The Hall–Kier alpha value is -2.67. The molecule has 0 bridgehead atoms. The fourth-order valence-corrected chi connectivity index (χ4v) is 5.42. The molecule has 0 saturated carbocycles. The van der Waals surface area contributed by atoms with Crippen LogP contribution in [-0.2, 0) is 16.2 Å². The van der Waals surface area contributed by atoms with Crippen molar-refractivity contribution in [2.45, 2.75) is 30.0 Å². The van der Waals surface area contributed by atoms with Crippen LogP contribution in [0.2, 0.25) is 10.0 Å². The molecule has 35 heavy (non-hydrogen) atoms. The predicted octanol–water partition coefficient (Wildman–Crippen LogP) is 4.18. The predicted molar refractivity (Wildman–Crippen MR) is 122 cm³/mol. The summed E-state index contributed by atoms with van der Waals surface area (Å²) < 4.78 is 66.5. The minimum absolute atomic E-state index is 0.0561. The van der Waals surface area contributed by atoms with Gasteiger partial charge in [0.05, 0.1) is 27.2 Å². The summed E-state index contributed by atoms with van der Waals surface area (Å²) >= 11 is 11.8. The van der Waals surface area contributed by atoms with E-state index in [0.717, 1.165) is 10.7 Å². The van der Waals surface area contributed by atoms with Gasteiger partial charge in [0.2, 0.25) is 10.0 Å². The first-order valence-corrected chi connectivity index (χ1v) is 12.5. The van der Waals surface area contributed by atoms with Crippen molar-refractivity contribution in [1.29, 1.82) is 0 Å². The zero-order valence-electron chi connectivity index (χ0n) is 17.8. The van der Waals surface area contributed by atoms with Crippen LogP contribution in [0.3, 0.4) is 0 Å². The van der Waals surface area contributed by atoms with E-state index in [1.165, 1.54) is 41.0 Å². The normalized spacial score (nSPS) is 15.8. The summed E-state index contributed by atoms with van der Waals surface area (Å²) in [6.45, 7) is 0.445. The van der Waals surface area contributed by atoms with Gasteiger partial charge in [0.1, 0.15) is 0 Å². The van der Waals surface area contributed by atoms with Crippen molar-refractivity contribution in [1.82, 2.24) is 24.4 Å². The van der Waals surface area contributed by atoms with Crippen molar-refractivity contribution < 1.29 is 26.4 Å². The summed E-state index contributed by atoms with van der Waals surface area (Å²) in [6, 6.07) is 6.37. The Morgan fingerprint density at radius 3 is 2.34 bits per heavy atom. The molecule has 0 spiro atoms. The van der Waals surface area contributed by atoms with E-state index < -0.39 is 27.7 Å². The van der Waals surface area contributed by atoms with E-state index in [0.29, 0.717) is 24.1 Å². The highest BCUT2D eigenvalue weighted by atomic mass is 35.5. The summed E-state index contributed by atoms with van der Waals surface area (Å²) in [5.41, 5.74) is -0.847. The second-order valence-electron chi connectivity index (χ2n) is 7.81. The number of piperidine rings is 1. The van der Waals surface area contributed by atoms with Gasteiger partial charge in [-0.25, -0.2) is 18.1 Å². The van der Waals surface area contributed by atoms with Gasteiger partial charge in [-0.3, -0.25) is 4.79 Å². The number of nitrogens with one attached hydrogen (secondary N) is 1. The van der Waals surface area contributed by atoms with Crippen LogP contribution >= 0.6 is 23.2 Å². The number of halogens is 5. The second kappa shape index (κ2) is 9.76. The molecule has 1 aliphatic rings. The topological polar surface area (TPSA) is 97.2 Å². The van der Waals surface area contributed by atoms with Crippen LogP contribution in [0.25, 0.3) is 5.82 Å². The summed E-state index contributed by atoms with van der Waals surface area (Å²) in [5, 5.41) is 6.96. The Balaban J connectivity index is 1.37. The molecule has 0 radical (unpaired) electrons. The lowest BCUT2D eigenvalue weighted by Gasteiger charge is -2.31. The fourth-order valence-electron chi connectivity index (χ4n) is 3.58. The van der Waals surface area contributed by atoms with E-state index >= 15 is 0 Å². The standard InChI is InChI=1S/C21H18Cl2F3N5O3S/c22-15-1-3-17(4-2-15)35(33,34)30-7-5-16(6-8-30)29-20(32)13-10-28-31(12-13)19-18(23)9-14(11-27-19)21(24,25)26/h1-4,9-12,16H,5-8H2,(H,29,32). The second-order valence-corrected chi connectivity index (χ2v) is 10.6. The quantitative estimate of drug-likeness (QED) is 0.516. The number of hydrogen-bond acceptors (Lipinski definition) is 5. The van der Waals surface area contributed by atoms with Crippen molar-refractivity contribution in [2.75, 3.05) is 13.1 Å². The first-order valence-electron chi connectivity index (χ1n) is 10.3. The van der Waals surface area contributed by atoms with Crippen LogP contribution in [0, 0.1) is 0 Å². The van der Waals surface area contributed by atoms with Gasteiger partial charge in [-0.2, -0.15) is 22.6 Å². The van der Waals surface area contributed by atoms with Crippen LogP contribution < -0.4 is 5.32 Å². The number of hydrogen-bond donors (Lipinski definition) is 1. The molecule has 1 aromatic carbocycles. The van der Waals surface area contributed by atoms with Crippen molar-refractivity contribution in [3.63, 3.8) is 0 Å². The first-order chi connectivity index (χ1) is 16.4. The summed E-state index contributed by atoms with van der Waals surface area (Å²) in [6.07, 6.45) is -0.609. The zero-order chi connectivity index (χ0) is 25.4. The summed E-state index contributed by atoms with van der Waals surface area (Å²) in [5.74, 6) is -0.516. The number of benzene rings is 1. The lowest BCUT2D eigenvalue weighted by molar-refractivity contribution is -0.137. The number of nitrogens with zero attached hydrogens (tertiary/aromatic N) is 4. The monoisotopic (exact) mass is 547 g/mol. The minimum Gasteiger partial charge on any atom is -0.349 e. The third kappa shape index (κ3) is 5.61. The van der Waals surface area contributed by atoms with E-state index in [1.54, 1.807) is 0 Å². The largest absolute Gasteiger partial charge is 0.417 e. The Bertz CT molecular complexity index is 1340. The molecule has 0 atom stereocenters. The van der Waals surface area contributed by atoms with E-state index in [4.69, 9.17) is 23.2 Å². The van der Waals surface area contributed by atoms with Gasteiger partial charge in [0, 0.05) is 36.5 Å². The Labute approximate surface area is 208 Å². The number of pyridine rings is 1. The number of rotatable bonds is 5. The molecule has 8 nitrogen and oxygen atoms in total. The number of aromatic nitrogens is 3. The molecule has 3 aromatic rings. The van der Waals surface area contributed by atoms with E-state index in [1.807, 2.05) is 0 Å². The van der Waals surface area contributed by atoms with Gasteiger partial charge < -0.3 is 5.32 Å². The molecule has 14 heteroatoms. The van der Waals surface area contributed by atoms with Crippen LogP contribution in [0.5, 0.6) is 0 Å². The van der Waals surface area contributed by atoms with E-state index in [-0.39, 0.29) is 40.4 Å². The number of amides is 1. The average Bonchev–Trinajstić information content (AvgIpc) is 3.29. The molecule has 1 N–H and O–H groups in total. The molecule has 1 saturated heterocycles. The third-order valence-electron chi connectivity index (χ3n) is 5.45. The van der Waals surface area contributed by atoms with E-state index in [2.05, 4.69) is 15.4 Å². The molecule has 0 aliphatic carbocycles. The maximum atomic E-state index is 12.8. The number of sulfonamides is 1. The van der Waals surface area contributed by atoms with Crippen molar-refractivity contribution in [3.05, 3.63) is 70.1 Å². The maximum absolute atomic E-state index is 12.8. The molecule has 0 unspecified atom stereocenters. The van der Waals surface area contributed by atoms with Gasteiger partial charge >= 0.3 is 6.18 Å². The molecule has 1 amide bonds. The fraction of sp³-hybridized carbons (Fsp3) is 0.286. The lowest BCUT2D eigenvalue weighted by Crippen LogP contribution is -2.46. The third-order valence-corrected chi connectivity index (χ3v) is 7.89. The summed E-state index contributed by atoms with van der Waals surface area (Å²) in [7, 11) is -3.67. The molecule has 2 aromatic heterocycles. The van der Waals surface area contributed by atoms with Crippen molar-refractivity contribution >= 4 is 39.1 Å². The summed E-state index contributed by atoms with van der Waals surface area (Å²) in [4.78, 5) is 16.5. The molecule has 4 rings (SSSR count). The number of carbonyl (C=O) groups excluding carboxylic acids is 1. The van der Waals surface area contributed by atoms with Crippen LogP contribution in [0.4, 0.5) is 13.2 Å². The highest BCUT2D eigenvalue weighted by molar-refractivity contribution is 7.89. The molecular formula is C21H18Cl2F3N5O3S. The van der Waals surface area contributed by atoms with E-state index in [9.17, 15) is 26.4 Å². The van der Waals surface area contributed by atoms with Gasteiger partial charge in [0.25, 0.3) is 5.91 Å². The maximum Gasteiger partial charge on any atom is 0.417 e. The van der Waals surface area contributed by atoms with Gasteiger partial charge in [0.15, 0.2) is 5.82 Å². The molecule has 1 aliphatic heterocycles. The highest BCUT2D eigenvalue weighted by Gasteiger charge is 2.32. The average molecular weight is 548 g/mol. The molecular weight excluding hydrogens is 530 g/mol. The van der Waals surface area contributed by atoms with Crippen molar-refractivity contribution in [2.24, 2.45) is 0 Å². The zero-order valence-corrected chi connectivity index (χ0v) is 20.2. The molecule has 3 heterocycles. The van der Waals surface area contributed by atoms with Crippen LogP contribution in [0.1, 0.15) is 28.8 Å². The molecule has 186 valence electrons. The number of alkyl halides is 3. The van der Waals surface area contributed by atoms with Gasteiger partial charge in [-0.05, 0) is 43.2 Å². The molecule has 1 fully saturated rings. The van der Waals surface area contributed by atoms with Crippen LogP contribution in [0.15, 0.2) is 53.8 Å². The smallest absolute Gasteiger partial charge is 0.349 e. The Morgan fingerprint density at radius 1 is 1.09 bits per heavy atom. The number of carbonyl (C=O) groups is 1. The Kier molecular flexibility index (Phi) is 7.09.